The maximum Gasteiger partial charge on any atom is 0.221 e. The number of aromatic nitrogens is 3. The monoisotopic (exact) mass is 416 g/mol. The summed E-state index contributed by atoms with van der Waals surface area (Å²) in [5.41, 5.74) is 4.06. The first kappa shape index (κ1) is 20.4. The number of carbonyl (C=O) groups is 1. The molecule has 1 N–H and O–H groups in total. The Bertz CT molecular complexity index is 1200. The van der Waals surface area contributed by atoms with Crippen LogP contribution < -0.4 is 14.8 Å². The van der Waals surface area contributed by atoms with Crippen molar-refractivity contribution in [1.29, 1.82) is 0 Å². The van der Waals surface area contributed by atoms with Gasteiger partial charge in [-0.05, 0) is 35.4 Å². The molecule has 0 atom stereocenters. The second-order valence-corrected chi connectivity index (χ2v) is 7.07. The van der Waals surface area contributed by atoms with Crippen LogP contribution in [0.2, 0.25) is 0 Å². The van der Waals surface area contributed by atoms with E-state index in [2.05, 4.69) is 21.5 Å². The predicted molar refractivity (Wildman–Crippen MR) is 119 cm³/mol. The summed E-state index contributed by atoms with van der Waals surface area (Å²) in [6.45, 7) is 0.953. The molecule has 0 aliphatic heterocycles. The van der Waals surface area contributed by atoms with Crippen molar-refractivity contribution in [2.24, 2.45) is 0 Å². The first-order valence-corrected chi connectivity index (χ1v) is 10.0. The van der Waals surface area contributed by atoms with Gasteiger partial charge in [0, 0.05) is 30.6 Å². The second-order valence-electron chi connectivity index (χ2n) is 7.07. The van der Waals surface area contributed by atoms with Crippen LogP contribution in [0.3, 0.4) is 0 Å². The Hall–Kier alpha value is -3.87. The van der Waals surface area contributed by atoms with Gasteiger partial charge in [-0.15, -0.1) is 0 Å². The molecule has 158 valence electrons. The number of carbonyl (C=O) groups excluding carboxylic acids is 1. The molecule has 7 heteroatoms. The Kier molecular flexibility index (Phi) is 6.12. The number of pyridine rings is 1. The van der Waals surface area contributed by atoms with Crippen molar-refractivity contribution >= 4 is 16.8 Å². The molecule has 0 unspecified atom stereocenters. The molecule has 0 aliphatic rings. The van der Waals surface area contributed by atoms with Gasteiger partial charge in [0.2, 0.25) is 5.91 Å². The number of ether oxygens (including phenoxy) is 2. The highest BCUT2D eigenvalue weighted by atomic mass is 16.5. The van der Waals surface area contributed by atoms with Crippen LogP contribution in [0.4, 0.5) is 0 Å². The van der Waals surface area contributed by atoms with Gasteiger partial charge in [0.15, 0.2) is 0 Å². The fourth-order valence-corrected chi connectivity index (χ4v) is 3.43. The van der Waals surface area contributed by atoms with Crippen LogP contribution in [0.1, 0.15) is 12.0 Å². The molecule has 7 nitrogen and oxygen atoms in total. The van der Waals surface area contributed by atoms with Gasteiger partial charge in [-0.25, -0.2) is 0 Å². The van der Waals surface area contributed by atoms with Crippen molar-refractivity contribution < 1.29 is 14.3 Å². The Balaban J connectivity index is 1.50. The van der Waals surface area contributed by atoms with Crippen molar-refractivity contribution in [3.8, 4) is 22.6 Å². The average Bonchev–Trinajstić information content (AvgIpc) is 3.23. The fourth-order valence-electron chi connectivity index (χ4n) is 3.43. The van der Waals surface area contributed by atoms with Gasteiger partial charge in [0.05, 0.1) is 31.6 Å². The minimum absolute atomic E-state index is 0.00601. The summed E-state index contributed by atoms with van der Waals surface area (Å²) in [4.78, 5) is 15.8. The van der Waals surface area contributed by atoms with E-state index in [1.54, 1.807) is 26.6 Å². The highest BCUT2D eigenvalue weighted by Crippen LogP contribution is 2.28. The number of nitrogens with one attached hydrogen (secondary N) is 1. The first-order valence-electron chi connectivity index (χ1n) is 10.0. The lowest BCUT2D eigenvalue weighted by atomic mass is 10.0. The number of fused-ring (bicyclic) bond motifs is 1. The van der Waals surface area contributed by atoms with E-state index in [1.807, 2.05) is 53.3 Å². The van der Waals surface area contributed by atoms with E-state index >= 15 is 0 Å². The zero-order chi connectivity index (χ0) is 21.6. The quantitative estimate of drug-likeness (QED) is 0.472. The number of rotatable bonds is 8. The molecule has 0 aliphatic carbocycles. The molecule has 1 amide bonds. The summed E-state index contributed by atoms with van der Waals surface area (Å²) >= 11 is 0. The minimum Gasteiger partial charge on any atom is -0.495 e. The molecule has 2 aromatic carbocycles. The van der Waals surface area contributed by atoms with E-state index in [9.17, 15) is 4.79 Å². The Morgan fingerprint density at radius 2 is 1.94 bits per heavy atom. The van der Waals surface area contributed by atoms with Gasteiger partial charge in [0.1, 0.15) is 18.1 Å². The molecule has 31 heavy (non-hydrogen) atoms. The van der Waals surface area contributed by atoms with Crippen LogP contribution in [0.5, 0.6) is 11.5 Å². The van der Waals surface area contributed by atoms with E-state index in [-0.39, 0.29) is 5.91 Å². The Labute approximate surface area is 180 Å². The summed E-state index contributed by atoms with van der Waals surface area (Å²) in [7, 11) is 3.27. The summed E-state index contributed by atoms with van der Waals surface area (Å²) < 4.78 is 13.2. The van der Waals surface area contributed by atoms with Gasteiger partial charge < -0.3 is 14.8 Å². The molecule has 4 aromatic rings. The van der Waals surface area contributed by atoms with E-state index < -0.39 is 0 Å². The maximum absolute atomic E-state index is 11.5. The van der Waals surface area contributed by atoms with Crippen LogP contribution in [0.25, 0.3) is 22.0 Å². The van der Waals surface area contributed by atoms with Crippen LogP contribution in [0, 0.1) is 0 Å². The van der Waals surface area contributed by atoms with E-state index in [1.165, 1.54) is 0 Å². The van der Waals surface area contributed by atoms with Gasteiger partial charge >= 0.3 is 0 Å². The highest BCUT2D eigenvalue weighted by Gasteiger charge is 2.09. The topological polar surface area (TPSA) is 78.3 Å². The van der Waals surface area contributed by atoms with Gasteiger partial charge in [-0.2, -0.15) is 5.10 Å². The third-order valence-corrected chi connectivity index (χ3v) is 5.11. The van der Waals surface area contributed by atoms with Crippen LogP contribution in [-0.4, -0.2) is 34.8 Å². The normalized spacial score (nSPS) is 10.8. The average molecular weight is 416 g/mol. The van der Waals surface area contributed by atoms with Crippen LogP contribution in [-0.2, 0) is 17.9 Å². The Morgan fingerprint density at radius 1 is 1.06 bits per heavy atom. The zero-order valence-electron chi connectivity index (χ0n) is 17.5. The Morgan fingerprint density at radius 3 is 2.77 bits per heavy atom. The van der Waals surface area contributed by atoms with E-state index in [4.69, 9.17) is 9.47 Å². The molecule has 0 spiro atoms. The van der Waals surface area contributed by atoms with Gasteiger partial charge in [-0.3, -0.25) is 14.5 Å². The summed E-state index contributed by atoms with van der Waals surface area (Å²) in [6.07, 6.45) is 5.69. The molecular formula is C24H24N4O3. The smallest absolute Gasteiger partial charge is 0.221 e. The molecule has 0 bridgehead atoms. The van der Waals surface area contributed by atoms with Gasteiger partial charge in [-0.1, -0.05) is 24.3 Å². The zero-order valence-corrected chi connectivity index (χ0v) is 17.5. The number of amides is 1. The number of aryl methyl sites for hydroxylation is 1. The lowest BCUT2D eigenvalue weighted by Gasteiger charge is -2.12. The molecule has 4 rings (SSSR count). The summed E-state index contributed by atoms with van der Waals surface area (Å²) in [5, 5.41) is 7.99. The molecule has 2 aromatic heterocycles. The van der Waals surface area contributed by atoms with Crippen LogP contribution in [0.15, 0.2) is 67.1 Å². The second kappa shape index (κ2) is 9.30. The van der Waals surface area contributed by atoms with Crippen molar-refractivity contribution in [2.45, 2.75) is 19.6 Å². The lowest BCUT2D eigenvalue weighted by molar-refractivity contribution is -0.120. The predicted octanol–water partition coefficient (Wildman–Crippen LogP) is 3.82. The molecular weight excluding hydrogens is 392 g/mol. The summed E-state index contributed by atoms with van der Waals surface area (Å²) in [6, 6.07) is 15.9. The van der Waals surface area contributed by atoms with Crippen molar-refractivity contribution in [3.05, 3.63) is 72.7 Å². The lowest BCUT2D eigenvalue weighted by Crippen LogP contribution is -2.19. The number of hydrogen-bond acceptors (Lipinski definition) is 5. The highest BCUT2D eigenvalue weighted by molar-refractivity contribution is 5.80. The van der Waals surface area contributed by atoms with Crippen molar-refractivity contribution in [2.75, 3.05) is 14.2 Å². The molecule has 0 radical (unpaired) electrons. The third-order valence-electron chi connectivity index (χ3n) is 5.11. The molecule has 0 fully saturated rings. The number of hydrogen-bond donors (Lipinski definition) is 1. The number of methoxy groups -OCH3 is 1. The van der Waals surface area contributed by atoms with E-state index in [0.29, 0.717) is 25.3 Å². The fraction of sp³-hybridized carbons (Fsp3) is 0.208. The standard InChI is InChI=1S/C24H24N4O3/c1-25-24(29)9-10-28-23-8-7-20(12-19(23)14-27-28)31-16-17-5-3-4-6-22(17)18-11-21(30-2)15-26-13-18/h3-8,11-15H,9-10,16H2,1-2H3,(H,25,29). The minimum atomic E-state index is -0.00601. The van der Waals surface area contributed by atoms with Gasteiger partial charge in [0.25, 0.3) is 0 Å². The SMILES string of the molecule is CNC(=O)CCn1ncc2cc(OCc3ccccc3-c3cncc(OC)c3)ccc21. The first-order chi connectivity index (χ1) is 15.2. The number of nitrogens with zero attached hydrogens (tertiary/aromatic N) is 3. The largest absolute Gasteiger partial charge is 0.495 e. The van der Waals surface area contributed by atoms with Crippen LogP contribution >= 0.6 is 0 Å². The van der Waals surface area contributed by atoms with Crippen molar-refractivity contribution in [1.82, 2.24) is 20.1 Å². The number of benzene rings is 2. The molecule has 0 saturated heterocycles. The van der Waals surface area contributed by atoms with Crippen molar-refractivity contribution in [3.63, 3.8) is 0 Å². The molecule has 2 heterocycles. The third kappa shape index (κ3) is 4.66. The molecule has 0 saturated carbocycles. The summed E-state index contributed by atoms with van der Waals surface area (Å²) in [5.74, 6) is 1.47. The van der Waals surface area contributed by atoms with E-state index in [0.717, 1.165) is 33.3 Å². The maximum atomic E-state index is 11.5.